The molecular formula is C20H15F3N6O. The molecule has 0 bridgehead atoms. The number of carbonyl (C=O) groups excluding carboxylic acids is 1. The number of hydrogen-bond donors (Lipinski definition) is 1. The first-order valence-electron chi connectivity index (χ1n) is 8.86. The van der Waals surface area contributed by atoms with Crippen LogP contribution >= 0.6 is 0 Å². The first kappa shape index (κ1) is 19.5. The van der Waals surface area contributed by atoms with Gasteiger partial charge < -0.3 is 5.32 Å². The van der Waals surface area contributed by atoms with Crippen molar-refractivity contribution < 1.29 is 18.0 Å². The van der Waals surface area contributed by atoms with Crippen LogP contribution in [0.2, 0.25) is 0 Å². The summed E-state index contributed by atoms with van der Waals surface area (Å²) in [5, 5.41) is 6.86. The van der Waals surface area contributed by atoms with Crippen molar-refractivity contribution in [3.63, 3.8) is 0 Å². The van der Waals surface area contributed by atoms with Gasteiger partial charge in [-0.1, -0.05) is 18.2 Å². The zero-order valence-corrected chi connectivity index (χ0v) is 15.9. The summed E-state index contributed by atoms with van der Waals surface area (Å²) in [7, 11) is 0. The minimum Gasteiger partial charge on any atom is -0.305 e. The molecule has 0 aliphatic heterocycles. The molecule has 152 valence electrons. The molecule has 3 aromatic heterocycles. The number of nitrogens with one attached hydrogen (secondary N) is 1. The summed E-state index contributed by atoms with van der Waals surface area (Å²) >= 11 is 0. The Bertz CT molecular complexity index is 1270. The van der Waals surface area contributed by atoms with Gasteiger partial charge >= 0.3 is 6.18 Å². The summed E-state index contributed by atoms with van der Waals surface area (Å²) in [6.07, 6.45) is -0.127. The van der Waals surface area contributed by atoms with Gasteiger partial charge in [0.1, 0.15) is 5.56 Å². The van der Waals surface area contributed by atoms with Crippen LogP contribution in [0.4, 0.5) is 19.0 Å². The molecule has 0 saturated heterocycles. The van der Waals surface area contributed by atoms with Gasteiger partial charge in [0, 0.05) is 18.0 Å². The Labute approximate surface area is 168 Å². The van der Waals surface area contributed by atoms with Gasteiger partial charge in [-0.2, -0.15) is 18.3 Å². The van der Waals surface area contributed by atoms with E-state index in [1.165, 1.54) is 41.2 Å². The van der Waals surface area contributed by atoms with Gasteiger partial charge in [-0.05, 0) is 26.0 Å². The fourth-order valence-electron chi connectivity index (χ4n) is 3.11. The van der Waals surface area contributed by atoms with Crippen LogP contribution in [0.1, 0.15) is 27.3 Å². The number of carbonyl (C=O) groups is 1. The van der Waals surface area contributed by atoms with Gasteiger partial charge in [0.05, 0.1) is 28.8 Å². The van der Waals surface area contributed by atoms with Crippen LogP contribution < -0.4 is 5.32 Å². The monoisotopic (exact) mass is 412 g/mol. The number of anilines is 1. The summed E-state index contributed by atoms with van der Waals surface area (Å²) in [5.74, 6) is -0.284. The predicted octanol–water partition coefficient (Wildman–Crippen LogP) is 4.07. The van der Waals surface area contributed by atoms with E-state index < -0.39 is 17.6 Å². The van der Waals surface area contributed by atoms with E-state index in [1.54, 1.807) is 20.0 Å². The Balaban J connectivity index is 1.80. The fourth-order valence-corrected chi connectivity index (χ4v) is 3.11. The third kappa shape index (κ3) is 3.59. The summed E-state index contributed by atoms with van der Waals surface area (Å²) in [6.45, 7) is 3.35. The zero-order chi connectivity index (χ0) is 21.5. The van der Waals surface area contributed by atoms with Crippen molar-refractivity contribution in [3.8, 4) is 11.3 Å². The lowest BCUT2D eigenvalue weighted by Gasteiger charge is -2.12. The summed E-state index contributed by atoms with van der Waals surface area (Å²) in [6, 6.07) is 6.58. The number of fused-ring (bicyclic) bond motifs is 1. The van der Waals surface area contributed by atoms with Crippen molar-refractivity contribution in [1.29, 1.82) is 0 Å². The van der Waals surface area contributed by atoms with Gasteiger partial charge in [-0.3, -0.25) is 9.78 Å². The number of hydrogen-bond acceptors (Lipinski definition) is 5. The zero-order valence-electron chi connectivity index (χ0n) is 15.9. The molecule has 10 heteroatoms. The largest absolute Gasteiger partial charge is 0.417 e. The second-order valence-electron chi connectivity index (χ2n) is 6.58. The first-order valence-corrected chi connectivity index (χ1v) is 8.86. The number of nitrogens with zero attached hydrogens (tertiary/aromatic N) is 5. The number of benzene rings is 1. The van der Waals surface area contributed by atoms with Crippen LogP contribution in [0, 0.1) is 13.8 Å². The molecule has 0 aliphatic carbocycles. The average molecular weight is 412 g/mol. The molecule has 4 aromatic rings. The van der Waals surface area contributed by atoms with Crippen LogP contribution in [0.15, 0.2) is 48.9 Å². The van der Waals surface area contributed by atoms with Crippen molar-refractivity contribution in [1.82, 2.24) is 24.6 Å². The Morgan fingerprint density at radius 2 is 1.83 bits per heavy atom. The van der Waals surface area contributed by atoms with Gasteiger partial charge in [-0.25, -0.2) is 14.5 Å². The van der Waals surface area contributed by atoms with E-state index in [4.69, 9.17) is 0 Å². The first-order chi connectivity index (χ1) is 14.2. The standard InChI is InChI=1S/C20H15F3N6O/c1-11-9-24-10-16(25-11)27-19(30)17-12(2)28-29-8-7-15(26-18(17)29)13-5-3-4-6-14(13)20(21,22)23/h3-10H,1-2H3,(H,25,27,30). The Hall–Kier alpha value is -3.82. The van der Waals surface area contributed by atoms with E-state index in [-0.39, 0.29) is 28.3 Å². The molecule has 0 spiro atoms. The number of rotatable bonds is 3. The number of halogens is 3. The molecule has 0 radical (unpaired) electrons. The maximum atomic E-state index is 13.4. The van der Waals surface area contributed by atoms with E-state index in [0.717, 1.165) is 6.07 Å². The minimum atomic E-state index is -4.54. The number of amides is 1. The highest BCUT2D eigenvalue weighted by atomic mass is 19.4. The number of aryl methyl sites for hydroxylation is 2. The molecule has 7 nitrogen and oxygen atoms in total. The van der Waals surface area contributed by atoms with Crippen LogP contribution in [0.5, 0.6) is 0 Å². The molecule has 0 atom stereocenters. The molecule has 1 amide bonds. The lowest BCUT2D eigenvalue weighted by Crippen LogP contribution is -2.15. The molecule has 0 saturated carbocycles. The quantitative estimate of drug-likeness (QED) is 0.548. The van der Waals surface area contributed by atoms with Crippen molar-refractivity contribution in [2.45, 2.75) is 20.0 Å². The maximum absolute atomic E-state index is 13.4. The Morgan fingerprint density at radius 3 is 2.57 bits per heavy atom. The molecule has 30 heavy (non-hydrogen) atoms. The third-order valence-electron chi connectivity index (χ3n) is 4.39. The highest BCUT2D eigenvalue weighted by Gasteiger charge is 2.33. The second kappa shape index (κ2) is 7.21. The minimum absolute atomic E-state index is 0.0812. The summed E-state index contributed by atoms with van der Waals surface area (Å²) in [4.78, 5) is 25.3. The van der Waals surface area contributed by atoms with E-state index in [2.05, 4.69) is 25.4 Å². The van der Waals surface area contributed by atoms with Crippen LogP contribution in [0.25, 0.3) is 16.9 Å². The van der Waals surface area contributed by atoms with Gasteiger partial charge in [0.25, 0.3) is 5.91 Å². The SMILES string of the molecule is Cc1cncc(NC(=O)c2c(C)nn3ccc(-c4ccccc4C(F)(F)F)nc23)n1. The average Bonchev–Trinajstić information content (AvgIpc) is 3.02. The number of aromatic nitrogens is 5. The van der Waals surface area contributed by atoms with Crippen molar-refractivity contribution in [2.24, 2.45) is 0 Å². The van der Waals surface area contributed by atoms with Crippen LogP contribution in [0.3, 0.4) is 0 Å². The third-order valence-corrected chi connectivity index (χ3v) is 4.39. The van der Waals surface area contributed by atoms with Crippen molar-refractivity contribution in [2.75, 3.05) is 5.32 Å². The highest BCUT2D eigenvalue weighted by Crippen LogP contribution is 2.36. The van der Waals surface area contributed by atoms with Crippen LogP contribution in [-0.2, 0) is 6.18 Å². The molecule has 0 fully saturated rings. The lowest BCUT2D eigenvalue weighted by molar-refractivity contribution is -0.137. The van der Waals surface area contributed by atoms with E-state index in [1.807, 2.05) is 0 Å². The summed E-state index contributed by atoms with van der Waals surface area (Å²) < 4.78 is 41.6. The van der Waals surface area contributed by atoms with E-state index >= 15 is 0 Å². The predicted molar refractivity (Wildman–Crippen MR) is 103 cm³/mol. The van der Waals surface area contributed by atoms with Crippen molar-refractivity contribution in [3.05, 3.63) is 71.4 Å². The van der Waals surface area contributed by atoms with Crippen LogP contribution in [-0.4, -0.2) is 30.5 Å². The maximum Gasteiger partial charge on any atom is 0.417 e. The van der Waals surface area contributed by atoms with Crippen molar-refractivity contribution >= 4 is 17.4 Å². The number of alkyl halides is 3. The molecule has 0 unspecified atom stereocenters. The highest BCUT2D eigenvalue weighted by molar-refractivity contribution is 6.08. The van der Waals surface area contributed by atoms with Gasteiger partial charge in [0.15, 0.2) is 11.5 Å². The topological polar surface area (TPSA) is 85.1 Å². The second-order valence-corrected chi connectivity index (χ2v) is 6.58. The van der Waals surface area contributed by atoms with Gasteiger partial charge in [-0.15, -0.1) is 0 Å². The normalized spacial score (nSPS) is 11.6. The van der Waals surface area contributed by atoms with E-state index in [9.17, 15) is 18.0 Å². The molecule has 4 rings (SSSR count). The molecule has 0 aliphatic rings. The Morgan fingerprint density at radius 1 is 1.07 bits per heavy atom. The fraction of sp³-hybridized carbons (Fsp3) is 0.150. The molecule has 1 aromatic carbocycles. The molecule has 3 heterocycles. The van der Waals surface area contributed by atoms with Gasteiger partial charge in [0.2, 0.25) is 0 Å². The summed E-state index contributed by atoms with van der Waals surface area (Å²) in [5.41, 5.74) is 0.473. The van der Waals surface area contributed by atoms with E-state index in [0.29, 0.717) is 11.4 Å². The molecular weight excluding hydrogens is 397 g/mol. The smallest absolute Gasteiger partial charge is 0.305 e. The lowest BCUT2D eigenvalue weighted by atomic mass is 10.0. The Kier molecular flexibility index (Phi) is 4.69. The molecule has 1 N–H and O–H groups in total.